The van der Waals surface area contributed by atoms with Crippen molar-refractivity contribution in [2.24, 2.45) is 0 Å². The fourth-order valence-corrected chi connectivity index (χ4v) is 3.44. The van der Waals surface area contributed by atoms with Crippen molar-refractivity contribution in [1.29, 1.82) is 0 Å². The van der Waals surface area contributed by atoms with Gasteiger partial charge in [-0.25, -0.2) is 0 Å². The third kappa shape index (κ3) is 2.90. The minimum absolute atomic E-state index is 0.0703. The van der Waals surface area contributed by atoms with E-state index in [2.05, 4.69) is 30.3 Å². The minimum atomic E-state index is -0.0703. The SMILES string of the molecule is Nc1nnc(SCC(=O)NCc2nnc3n2CCC3)s1. The number of carbonyl (C=O) groups excluding carboxylic acids is 1. The van der Waals surface area contributed by atoms with E-state index in [1.54, 1.807) is 0 Å². The predicted molar refractivity (Wildman–Crippen MR) is 75.2 cm³/mol. The number of thioether (sulfide) groups is 1. The molecule has 3 rings (SSSR count). The molecule has 2 aromatic rings. The van der Waals surface area contributed by atoms with Crippen LogP contribution in [0, 0.1) is 0 Å². The molecule has 1 aliphatic heterocycles. The van der Waals surface area contributed by atoms with Crippen molar-refractivity contribution in [3.63, 3.8) is 0 Å². The van der Waals surface area contributed by atoms with Crippen molar-refractivity contribution < 1.29 is 4.79 Å². The Balaban J connectivity index is 1.47. The van der Waals surface area contributed by atoms with Gasteiger partial charge in [0.2, 0.25) is 11.0 Å². The van der Waals surface area contributed by atoms with Crippen LogP contribution in [0.3, 0.4) is 0 Å². The van der Waals surface area contributed by atoms with E-state index >= 15 is 0 Å². The molecule has 106 valence electrons. The molecule has 1 amide bonds. The Morgan fingerprint density at radius 2 is 2.30 bits per heavy atom. The van der Waals surface area contributed by atoms with E-state index in [1.165, 1.54) is 23.1 Å². The van der Waals surface area contributed by atoms with E-state index in [-0.39, 0.29) is 11.7 Å². The van der Waals surface area contributed by atoms with Gasteiger partial charge in [0.05, 0.1) is 12.3 Å². The summed E-state index contributed by atoms with van der Waals surface area (Å²) in [7, 11) is 0. The largest absolute Gasteiger partial charge is 0.374 e. The molecule has 0 saturated heterocycles. The Bertz CT molecular complexity index is 623. The second kappa shape index (κ2) is 5.75. The quantitative estimate of drug-likeness (QED) is 0.751. The second-order valence-electron chi connectivity index (χ2n) is 4.26. The van der Waals surface area contributed by atoms with Gasteiger partial charge in [-0.15, -0.1) is 20.4 Å². The number of aryl methyl sites for hydroxylation is 1. The van der Waals surface area contributed by atoms with Gasteiger partial charge < -0.3 is 15.6 Å². The zero-order valence-electron chi connectivity index (χ0n) is 10.6. The van der Waals surface area contributed by atoms with Gasteiger partial charge in [-0.05, 0) is 6.42 Å². The summed E-state index contributed by atoms with van der Waals surface area (Å²) in [6.45, 7) is 1.34. The first-order chi connectivity index (χ1) is 9.72. The third-order valence-corrected chi connectivity index (χ3v) is 4.76. The van der Waals surface area contributed by atoms with Gasteiger partial charge in [0.15, 0.2) is 10.2 Å². The summed E-state index contributed by atoms with van der Waals surface area (Å²) in [5, 5.41) is 19.0. The van der Waals surface area contributed by atoms with Crippen LogP contribution in [0.15, 0.2) is 4.34 Å². The number of nitrogens with one attached hydrogen (secondary N) is 1. The van der Waals surface area contributed by atoms with Crippen LogP contribution in [0.25, 0.3) is 0 Å². The van der Waals surface area contributed by atoms with Crippen molar-refractivity contribution in [2.45, 2.75) is 30.3 Å². The fourth-order valence-electron chi connectivity index (χ4n) is 1.98. The van der Waals surface area contributed by atoms with Gasteiger partial charge in [0.1, 0.15) is 5.82 Å². The summed E-state index contributed by atoms with van der Waals surface area (Å²) >= 11 is 2.60. The molecule has 0 saturated carbocycles. The van der Waals surface area contributed by atoms with Gasteiger partial charge in [-0.3, -0.25) is 4.79 Å². The number of aromatic nitrogens is 5. The predicted octanol–water partition coefficient (Wildman–Crippen LogP) is 0.0665. The summed E-state index contributed by atoms with van der Waals surface area (Å²) in [6.07, 6.45) is 2.06. The Labute approximate surface area is 123 Å². The van der Waals surface area contributed by atoms with E-state index < -0.39 is 0 Å². The lowest BCUT2D eigenvalue weighted by Gasteiger charge is -2.04. The number of carbonyl (C=O) groups is 1. The normalized spacial score (nSPS) is 13.4. The summed E-state index contributed by atoms with van der Waals surface area (Å²) in [5.74, 6) is 2.04. The Morgan fingerprint density at radius 3 is 3.10 bits per heavy atom. The maximum atomic E-state index is 11.8. The van der Waals surface area contributed by atoms with Crippen molar-refractivity contribution in [1.82, 2.24) is 30.3 Å². The van der Waals surface area contributed by atoms with E-state index in [0.29, 0.717) is 16.0 Å². The number of hydrogen-bond donors (Lipinski definition) is 2. The zero-order valence-corrected chi connectivity index (χ0v) is 12.2. The minimum Gasteiger partial charge on any atom is -0.374 e. The molecule has 0 spiro atoms. The first-order valence-corrected chi connectivity index (χ1v) is 7.92. The number of fused-ring (bicyclic) bond motifs is 1. The molecule has 20 heavy (non-hydrogen) atoms. The van der Waals surface area contributed by atoms with Crippen LogP contribution < -0.4 is 11.1 Å². The molecule has 2 aromatic heterocycles. The maximum Gasteiger partial charge on any atom is 0.230 e. The highest BCUT2D eigenvalue weighted by molar-refractivity contribution is 8.01. The topological polar surface area (TPSA) is 112 Å². The fraction of sp³-hybridized carbons (Fsp3) is 0.500. The number of nitrogens with two attached hydrogens (primary N) is 1. The van der Waals surface area contributed by atoms with Gasteiger partial charge in [0, 0.05) is 13.0 Å². The lowest BCUT2D eigenvalue weighted by atomic mass is 10.4. The van der Waals surface area contributed by atoms with Gasteiger partial charge in [0.25, 0.3) is 0 Å². The van der Waals surface area contributed by atoms with Gasteiger partial charge >= 0.3 is 0 Å². The van der Waals surface area contributed by atoms with Crippen molar-refractivity contribution in [2.75, 3.05) is 11.5 Å². The molecule has 3 heterocycles. The zero-order chi connectivity index (χ0) is 13.9. The number of nitrogens with zero attached hydrogens (tertiary/aromatic N) is 5. The molecule has 0 radical (unpaired) electrons. The van der Waals surface area contributed by atoms with E-state index in [1.807, 2.05) is 0 Å². The van der Waals surface area contributed by atoms with E-state index in [9.17, 15) is 4.79 Å². The summed E-state index contributed by atoms with van der Waals surface area (Å²) in [5.41, 5.74) is 5.47. The second-order valence-corrected chi connectivity index (χ2v) is 6.49. The number of rotatable bonds is 5. The van der Waals surface area contributed by atoms with Crippen molar-refractivity contribution in [3.05, 3.63) is 11.6 Å². The molecule has 0 bridgehead atoms. The smallest absolute Gasteiger partial charge is 0.230 e. The van der Waals surface area contributed by atoms with Crippen LogP contribution in [0.2, 0.25) is 0 Å². The summed E-state index contributed by atoms with van der Waals surface area (Å²) < 4.78 is 2.76. The van der Waals surface area contributed by atoms with Crippen LogP contribution in [-0.4, -0.2) is 36.6 Å². The summed E-state index contributed by atoms with van der Waals surface area (Å²) in [4.78, 5) is 11.8. The lowest BCUT2D eigenvalue weighted by Crippen LogP contribution is -2.26. The first-order valence-electron chi connectivity index (χ1n) is 6.12. The van der Waals surface area contributed by atoms with Crippen LogP contribution in [-0.2, 0) is 24.3 Å². The molecule has 1 aliphatic rings. The first kappa shape index (κ1) is 13.3. The molecular weight excluding hydrogens is 298 g/mol. The average Bonchev–Trinajstić information content (AvgIpc) is 3.11. The maximum absolute atomic E-state index is 11.8. The van der Waals surface area contributed by atoms with Crippen LogP contribution >= 0.6 is 23.1 Å². The Morgan fingerprint density at radius 1 is 1.40 bits per heavy atom. The van der Waals surface area contributed by atoms with Crippen LogP contribution in [0.4, 0.5) is 5.13 Å². The van der Waals surface area contributed by atoms with Crippen molar-refractivity contribution >= 4 is 34.1 Å². The van der Waals surface area contributed by atoms with Crippen molar-refractivity contribution in [3.8, 4) is 0 Å². The molecule has 0 unspecified atom stereocenters. The molecule has 0 aromatic carbocycles. The van der Waals surface area contributed by atoms with Crippen LogP contribution in [0.5, 0.6) is 0 Å². The number of amides is 1. The molecule has 10 heteroatoms. The molecule has 0 fully saturated rings. The Hall–Kier alpha value is -1.68. The lowest BCUT2D eigenvalue weighted by molar-refractivity contribution is -0.118. The molecule has 3 N–H and O–H groups in total. The highest BCUT2D eigenvalue weighted by Crippen LogP contribution is 2.23. The molecular formula is C10H13N7OS2. The average molecular weight is 311 g/mol. The van der Waals surface area contributed by atoms with E-state index in [4.69, 9.17) is 5.73 Å². The van der Waals surface area contributed by atoms with E-state index in [0.717, 1.165) is 31.0 Å². The number of anilines is 1. The number of hydrogen-bond acceptors (Lipinski definition) is 8. The monoisotopic (exact) mass is 311 g/mol. The Kier molecular flexibility index (Phi) is 3.83. The van der Waals surface area contributed by atoms with Gasteiger partial charge in [-0.2, -0.15) is 0 Å². The highest BCUT2D eigenvalue weighted by atomic mass is 32.2. The molecule has 0 aliphatic carbocycles. The molecule has 0 atom stereocenters. The standard InChI is InChI=1S/C10H13N7OS2/c11-9-15-16-10(20-9)19-5-8(18)12-4-7-14-13-6-2-1-3-17(6)7/h1-5H2,(H2,11,15)(H,12,18). The summed E-state index contributed by atoms with van der Waals surface area (Å²) in [6, 6.07) is 0. The highest BCUT2D eigenvalue weighted by Gasteiger charge is 2.17. The molecule has 8 nitrogen and oxygen atoms in total. The third-order valence-electron chi connectivity index (χ3n) is 2.88. The number of nitrogen functional groups attached to an aromatic ring is 1. The van der Waals surface area contributed by atoms with Gasteiger partial charge in [-0.1, -0.05) is 23.1 Å². The van der Waals surface area contributed by atoms with Crippen LogP contribution in [0.1, 0.15) is 18.1 Å².